The smallest absolute Gasteiger partial charge is 0.131 e. The number of aromatic nitrogens is 1. The van der Waals surface area contributed by atoms with E-state index in [9.17, 15) is 4.39 Å². The van der Waals surface area contributed by atoms with Crippen molar-refractivity contribution in [2.24, 2.45) is 5.41 Å². The fraction of sp³-hybridized carbons (Fsp3) is 0.607. The number of nitrogens with zero attached hydrogens (tertiary/aromatic N) is 1. The molecular formula is C28H40ClFN4O2. The van der Waals surface area contributed by atoms with Crippen molar-refractivity contribution < 1.29 is 13.9 Å². The molecule has 198 valence electrons. The number of ether oxygens (including phenoxy) is 2. The first-order chi connectivity index (χ1) is 17.3. The van der Waals surface area contributed by atoms with Gasteiger partial charge in [0.25, 0.3) is 0 Å². The number of benzene rings is 1. The van der Waals surface area contributed by atoms with Gasteiger partial charge < -0.3 is 25.4 Å². The minimum atomic E-state index is -0.298. The van der Waals surface area contributed by atoms with Crippen molar-refractivity contribution in [3.8, 4) is 11.1 Å². The van der Waals surface area contributed by atoms with Crippen LogP contribution < -0.4 is 16.0 Å². The number of pyridine rings is 1. The Bertz CT molecular complexity index is 994. The predicted molar refractivity (Wildman–Crippen MR) is 145 cm³/mol. The quantitative estimate of drug-likeness (QED) is 0.352. The van der Waals surface area contributed by atoms with Gasteiger partial charge in [0, 0.05) is 68.0 Å². The largest absolute Gasteiger partial charge is 0.384 e. The number of hydrogen-bond acceptors (Lipinski definition) is 6. The van der Waals surface area contributed by atoms with Crippen LogP contribution in [0, 0.1) is 11.2 Å². The molecule has 1 saturated heterocycles. The molecule has 8 heteroatoms. The van der Waals surface area contributed by atoms with Crippen LogP contribution in [0.2, 0.25) is 5.02 Å². The molecule has 0 amide bonds. The normalized spacial score (nSPS) is 22.7. The summed E-state index contributed by atoms with van der Waals surface area (Å²) < 4.78 is 25.7. The number of rotatable bonds is 10. The van der Waals surface area contributed by atoms with Crippen LogP contribution in [0.1, 0.15) is 52.4 Å². The van der Waals surface area contributed by atoms with Crippen molar-refractivity contribution in [1.29, 1.82) is 0 Å². The Labute approximate surface area is 219 Å². The highest BCUT2D eigenvalue weighted by Crippen LogP contribution is 2.35. The minimum absolute atomic E-state index is 0.175. The molecule has 1 aliphatic carbocycles. The Morgan fingerprint density at radius 1 is 1.14 bits per heavy atom. The van der Waals surface area contributed by atoms with E-state index in [0.29, 0.717) is 34.3 Å². The van der Waals surface area contributed by atoms with Gasteiger partial charge in [-0.2, -0.15) is 0 Å². The highest BCUT2D eigenvalue weighted by molar-refractivity contribution is 6.33. The first-order valence-electron chi connectivity index (χ1n) is 13.1. The Hall–Kier alpha value is -1.93. The van der Waals surface area contributed by atoms with E-state index in [-0.39, 0.29) is 11.2 Å². The van der Waals surface area contributed by atoms with Gasteiger partial charge in [-0.05, 0) is 75.1 Å². The summed E-state index contributed by atoms with van der Waals surface area (Å²) in [5.41, 5.74) is 2.19. The lowest BCUT2D eigenvalue weighted by molar-refractivity contribution is 0.0300. The second kappa shape index (κ2) is 12.5. The van der Waals surface area contributed by atoms with E-state index in [0.717, 1.165) is 76.4 Å². The van der Waals surface area contributed by atoms with E-state index in [1.807, 2.05) is 12.1 Å². The second-order valence-corrected chi connectivity index (χ2v) is 11.1. The van der Waals surface area contributed by atoms with Crippen molar-refractivity contribution in [2.75, 3.05) is 44.1 Å². The van der Waals surface area contributed by atoms with Gasteiger partial charge in [-0.1, -0.05) is 18.5 Å². The fourth-order valence-electron chi connectivity index (χ4n) is 5.24. The van der Waals surface area contributed by atoms with Gasteiger partial charge in [-0.3, -0.25) is 0 Å². The zero-order valence-corrected chi connectivity index (χ0v) is 22.5. The van der Waals surface area contributed by atoms with Crippen LogP contribution in [0.5, 0.6) is 0 Å². The van der Waals surface area contributed by atoms with Gasteiger partial charge in [-0.25, -0.2) is 9.37 Å². The van der Waals surface area contributed by atoms with E-state index >= 15 is 0 Å². The molecule has 1 aliphatic heterocycles. The minimum Gasteiger partial charge on any atom is -0.384 e. The third-order valence-electron chi connectivity index (χ3n) is 7.55. The fourth-order valence-corrected chi connectivity index (χ4v) is 5.44. The van der Waals surface area contributed by atoms with Crippen LogP contribution in [0.3, 0.4) is 0 Å². The third kappa shape index (κ3) is 7.31. The molecule has 4 rings (SSSR count). The molecular weight excluding hydrogens is 479 g/mol. The average molecular weight is 519 g/mol. The van der Waals surface area contributed by atoms with Gasteiger partial charge >= 0.3 is 0 Å². The zero-order valence-electron chi connectivity index (χ0n) is 21.7. The maximum absolute atomic E-state index is 14.9. The first kappa shape index (κ1) is 27.1. The first-order valence-corrected chi connectivity index (χ1v) is 13.5. The van der Waals surface area contributed by atoms with Crippen molar-refractivity contribution in [1.82, 2.24) is 10.3 Å². The van der Waals surface area contributed by atoms with Gasteiger partial charge in [-0.15, -0.1) is 0 Å². The molecule has 0 spiro atoms. The lowest BCUT2D eigenvalue weighted by atomic mass is 9.82. The summed E-state index contributed by atoms with van der Waals surface area (Å²) in [6, 6.07) is 8.21. The van der Waals surface area contributed by atoms with Crippen molar-refractivity contribution in [2.45, 2.75) is 70.5 Å². The van der Waals surface area contributed by atoms with Crippen LogP contribution in [0.15, 0.2) is 30.5 Å². The van der Waals surface area contributed by atoms with Crippen LogP contribution in [0.4, 0.5) is 15.9 Å². The summed E-state index contributed by atoms with van der Waals surface area (Å²) in [5, 5.41) is 11.1. The number of nitrogens with one attached hydrogen (secondary N) is 3. The Balaban J connectivity index is 1.40. The van der Waals surface area contributed by atoms with Crippen LogP contribution in [-0.2, 0) is 9.47 Å². The topological polar surface area (TPSA) is 67.4 Å². The Morgan fingerprint density at radius 3 is 2.58 bits per heavy atom. The molecule has 2 aliphatic rings. The lowest BCUT2D eigenvalue weighted by Crippen LogP contribution is -2.42. The summed E-state index contributed by atoms with van der Waals surface area (Å²) >= 11 is 6.50. The van der Waals surface area contributed by atoms with Gasteiger partial charge in [0.2, 0.25) is 0 Å². The third-order valence-corrected chi connectivity index (χ3v) is 7.85. The van der Waals surface area contributed by atoms with Crippen molar-refractivity contribution >= 4 is 23.1 Å². The van der Waals surface area contributed by atoms with Gasteiger partial charge in [0.1, 0.15) is 11.6 Å². The Kier molecular flexibility index (Phi) is 9.45. The molecule has 1 aromatic heterocycles. The van der Waals surface area contributed by atoms with E-state index in [1.54, 1.807) is 19.4 Å². The van der Waals surface area contributed by atoms with Gasteiger partial charge in [0.05, 0.1) is 11.6 Å². The number of halogens is 2. The standard InChI is InChI=1S/C28H40ClFN4O2/c1-19(17-35-3)33-20-4-6-21(7-5-20)34-27-15-23(25(29)16-31-27)24-14-22(8-9-26(24)30)32-18-28(2)10-12-36-13-11-28/h8-9,14-16,19-21,32-33H,4-7,10-13,17-18H2,1-3H3,(H,31,34)/t19-,20?,21?/m0/s1. The average Bonchev–Trinajstić information content (AvgIpc) is 2.87. The molecule has 0 bridgehead atoms. The molecule has 1 atom stereocenters. The molecule has 2 fully saturated rings. The SMILES string of the molecule is COC[C@H](C)NC1CCC(Nc2cc(-c3cc(NCC4(C)CCOCC4)ccc3F)c(Cl)cn2)CC1. The zero-order chi connectivity index (χ0) is 25.5. The maximum atomic E-state index is 14.9. The van der Waals surface area contributed by atoms with E-state index in [2.05, 4.69) is 34.8 Å². The molecule has 2 heterocycles. The molecule has 1 aromatic carbocycles. The van der Waals surface area contributed by atoms with Gasteiger partial charge in [0.15, 0.2) is 0 Å². The molecule has 3 N–H and O–H groups in total. The summed E-state index contributed by atoms with van der Waals surface area (Å²) in [7, 11) is 1.73. The maximum Gasteiger partial charge on any atom is 0.131 e. The summed E-state index contributed by atoms with van der Waals surface area (Å²) in [5.74, 6) is 0.430. The number of anilines is 2. The predicted octanol–water partition coefficient (Wildman–Crippen LogP) is 6.12. The van der Waals surface area contributed by atoms with Crippen LogP contribution in [0.25, 0.3) is 11.1 Å². The van der Waals surface area contributed by atoms with Crippen LogP contribution in [-0.4, -0.2) is 56.6 Å². The van der Waals surface area contributed by atoms with E-state index < -0.39 is 0 Å². The number of methoxy groups -OCH3 is 1. The lowest BCUT2D eigenvalue weighted by Gasteiger charge is -2.34. The molecule has 6 nitrogen and oxygen atoms in total. The monoisotopic (exact) mass is 518 g/mol. The van der Waals surface area contributed by atoms with Crippen LogP contribution >= 0.6 is 11.6 Å². The molecule has 1 saturated carbocycles. The Morgan fingerprint density at radius 2 is 1.86 bits per heavy atom. The van der Waals surface area contributed by atoms with E-state index in [1.165, 1.54) is 6.07 Å². The molecule has 0 radical (unpaired) electrons. The summed E-state index contributed by atoms with van der Waals surface area (Å²) in [6.45, 7) is 7.55. The molecule has 2 aromatic rings. The summed E-state index contributed by atoms with van der Waals surface area (Å²) in [4.78, 5) is 4.48. The van der Waals surface area contributed by atoms with E-state index in [4.69, 9.17) is 21.1 Å². The van der Waals surface area contributed by atoms with Crippen molar-refractivity contribution in [3.63, 3.8) is 0 Å². The number of hydrogen-bond donors (Lipinski definition) is 3. The second-order valence-electron chi connectivity index (χ2n) is 10.7. The highest BCUT2D eigenvalue weighted by Gasteiger charge is 2.27. The summed E-state index contributed by atoms with van der Waals surface area (Å²) in [6.07, 6.45) is 7.94. The highest BCUT2D eigenvalue weighted by atomic mass is 35.5. The molecule has 0 unspecified atom stereocenters. The molecule has 36 heavy (non-hydrogen) atoms. The van der Waals surface area contributed by atoms with Crippen molar-refractivity contribution in [3.05, 3.63) is 41.3 Å².